The van der Waals surface area contributed by atoms with Gasteiger partial charge in [-0.1, -0.05) is 56.3 Å². The van der Waals surface area contributed by atoms with Gasteiger partial charge in [-0.3, -0.25) is 9.59 Å². The number of hydrogen-bond donors (Lipinski definition) is 3. The van der Waals surface area contributed by atoms with Gasteiger partial charge in [0.1, 0.15) is 11.8 Å². The highest BCUT2D eigenvalue weighted by Crippen LogP contribution is 2.33. The van der Waals surface area contributed by atoms with Gasteiger partial charge in [-0.2, -0.15) is 12.6 Å². The Hall–Kier alpha value is -2.47. The van der Waals surface area contributed by atoms with Crippen molar-refractivity contribution in [2.24, 2.45) is 11.8 Å². The van der Waals surface area contributed by atoms with Crippen molar-refractivity contribution in [3.8, 4) is 5.75 Å². The number of ether oxygens (including phenoxy) is 1. The van der Waals surface area contributed by atoms with Crippen LogP contribution in [0.3, 0.4) is 0 Å². The smallest absolute Gasteiger partial charge is 0.242 e. The normalized spacial score (nSPS) is 13.9. The number of hydrogen-bond acceptors (Lipinski definition) is 4. The van der Waals surface area contributed by atoms with Gasteiger partial charge in [-0.05, 0) is 35.6 Å². The molecule has 2 amide bonds. The number of carbonyl (C=O) groups excluding carboxylic acids is 2. The first-order valence-corrected chi connectivity index (χ1v) is 10.7. The average Bonchev–Trinajstić information content (AvgIpc) is 2.76. The number of thiol groups is 1. The lowest BCUT2D eigenvalue weighted by Gasteiger charge is -2.27. The molecule has 2 aromatic rings. The zero-order chi connectivity index (χ0) is 22.1. The fraction of sp³-hybridized carbons (Fsp3) is 0.417. The van der Waals surface area contributed by atoms with E-state index in [2.05, 4.69) is 24.5 Å². The summed E-state index contributed by atoms with van der Waals surface area (Å²) in [5.74, 6) is 0.336. The summed E-state index contributed by atoms with van der Waals surface area (Å²) in [7, 11) is 3.19. The van der Waals surface area contributed by atoms with Gasteiger partial charge in [-0.25, -0.2) is 0 Å². The number of likely N-dealkylation sites (N-methyl/N-ethyl adjacent to an activating group) is 1. The molecule has 2 rings (SSSR count). The number of amides is 2. The first-order valence-electron chi connectivity index (χ1n) is 10.2. The molecule has 3 atom stereocenters. The molecule has 0 spiro atoms. The Bertz CT molecular complexity index is 809. The Morgan fingerprint density at radius 1 is 1.00 bits per heavy atom. The fourth-order valence-corrected chi connectivity index (χ4v) is 3.86. The molecule has 0 bridgehead atoms. The largest absolute Gasteiger partial charge is 0.497 e. The summed E-state index contributed by atoms with van der Waals surface area (Å²) in [6, 6.07) is 16.6. The Morgan fingerprint density at radius 3 is 2.17 bits per heavy atom. The highest BCUT2D eigenvalue weighted by atomic mass is 32.1. The van der Waals surface area contributed by atoms with Gasteiger partial charge < -0.3 is 15.4 Å². The van der Waals surface area contributed by atoms with Gasteiger partial charge in [-0.15, -0.1) is 0 Å². The summed E-state index contributed by atoms with van der Waals surface area (Å²) in [5.41, 5.74) is 1.93. The van der Waals surface area contributed by atoms with Crippen molar-refractivity contribution in [1.29, 1.82) is 0 Å². The Morgan fingerprint density at radius 2 is 1.63 bits per heavy atom. The van der Waals surface area contributed by atoms with E-state index in [1.807, 2.05) is 54.6 Å². The first kappa shape index (κ1) is 23.8. The van der Waals surface area contributed by atoms with E-state index < -0.39 is 6.04 Å². The van der Waals surface area contributed by atoms with Crippen molar-refractivity contribution < 1.29 is 14.3 Å². The second-order valence-corrected chi connectivity index (χ2v) is 8.38. The molecule has 5 nitrogen and oxygen atoms in total. The molecular formula is C24H32N2O3S. The minimum absolute atomic E-state index is 0.158. The number of rotatable bonds is 10. The number of carbonyl (C=O) groups is 2. The minimum Gasteiger partial charge on any atom is -0.497 e. The highest BCUT2D eigenvalue weighted by Gasteiger charge is 2.31. The van der Waals surface area contributed by atoms with Crippen molar-refractivity contribution >= 4 is 24.4 Å². The Balaban J connectivity index is 2.19. The topological polar surface area (TPSA) is 67.4 Å². The zero-order valence-electron chi connectivity index (χ0n) is 18.1. The third kappa shape index (κ3) is 6.80. The zero-order valence-corrected chi connectivity index (χ0v) is 19.0. The van der Waals surface area contributed by atoms with Crippen LogP contribution in [0.1, 0.15) is 36.6 Å². The van der Waals surface area contributed by atoms with Crippen LogP contribution in [0.4, 0.5) is 0 Å². The highest BCUT2D eigenvalue weighted by molar-refractivity contribution is 7.80. The molecule has 2 N–H and O–H groups in total. The van der Waals surface area contributed by atoms with Crippen molar-refractivity contribution in [3.63, 3.8) is 0 Å². The number of benzene rings is 2. The summed E-state index contributed by atoms with van der Waals surface area (Å²) in [4.78, 5) is 25.7. The second-order valence-electron chi connectivity index (χ2n) is 7.82. The van der Waals surface area contributed by atoms with E-state index in [-0.39, 0.29) is 23.0 Å². The van der Waals surface area contributed by atoms with E-state index in [0.717, 1.165) is 16.9 Å². The van der Waals surface area contributed by atoms with Gasteiger partial charge in [0.15, 0.2) is 0 Å². The molecular weight excluding hydrogens is 396 g/mol. The van der Waals surface area contributed by atoms with Crippen LogP contribution in [-0.2, 0) is 16.0 Å². The first-order chi connectivity index (χ1) is 14.3. The molecule has 0 fully saturated rings. The SMILES string of the molecule is CNC(=O)[C@H](Cc1ccc(OC)cc1)NC(=O)[C@H](CC(C)C)[C@@H](S)c1ccccc1. The van der Waals surface area contributed by atoms with Crippen LogP contribution < -0.4 is 15.4 Å². The molecule has 0 aliphatic heterocycles. The predicted octanol–water partition coefficient (Wildman–Crippen LogP) is 3.80. The summed E-state index contributed by atoms with van der Waals surface area (Å²) in [6.07, 6.45) is 1.07. The summed E-state index contributed by atoms with van der Waals surface area (Å²) >= 11 is 4.77. The molecule has 0 unspecified atom stereocenters. The molecule has 30 heavy (non-hydrogen) atoms. The van der Waals surface area contributed by atoms with E-state index in [0.29, 0.717) is 18.8 Å². The van der Waals surface area contributed by atoms with E-state index in [1.54, 1.807) is 14.2 Å². The van der Waals surface area contributed by atoms with Crippen LogP contribution >= 0.6 is 12.6 Å². The van der Waals surface area contributed by atoms with Crippen LogP contribution in [0, 0.1) is 11.8 Å². The second kappa shape index (κ2) is 11.6. The Labute approximate surface area is 185 Å². The molecule has 6 heteroatoms. The average molecular weight is 429 g/mol. The van der Waals surface area contributed by atoms with Gasteiger partial charge >= 0.3 is 0 Å². The number of nitrogens with one attached hydrogen (secondary N) is 2. The van der Waals surface area contributed by atoms with Crippen molar-refractivity contribution in [3.05, 3.63) is 65.7 Å². The lowest BCUT2D eigenvalue weighted by molar-refractivity contribution is -0.131. The third-order valence-corrected chi connectivity index (χ3v) is 5.72. The van der Waals surface area contributed by atoms with Crippen LogP contribution in [0.2, 0.25) is 0 Å². The van der Waals surface area contributed by atoms with E-state index in [9.17, 15) is 9.59 Å². The van der Waals surface area contributed by atoms with Gasteiger partial charge in [0.2, 0.25) is 11.8 Å². The maximum absolute atomic E-state index is 13.3. The molecule has 162 valence electrons. The molecule has 0 saturated heterocycles. The van der Waals surface area contributed by atoms with Gasteiger partial charge in [0, 0.05) is 18.7 Å². The molecule has 0 aromatic heterocycles. The summed E-state index contributed by atoms with van der Waals surface area (Å²) in [5, 5.41) is 5.38. The van der Waals surface area contributed by atoms with Crippen LogP contribution in [-0.4, -0.2) is 32.0 Å². The van der Waals surface area contributed by atoms with Gasteiger partial charge in [0.25, 0.3) is 0 Å². The van der Waals surface area contributed by atoms with Crippen molar-refractivity contribution in [1.82, 2.24) is 10.6 Å². The Kier molecular flexibility index (Phi) is 9.24. The van der Waals surface area contributed by atoms with E-state index >= 15 is 0 Å². The maximum Gasteiger partial charge on any atom is 0.242 e. The monoisotopic (exact) mass is 428 g/mol. The maximum atomic E-state index is 13.3. The van der Waals surface area contributed by atoms with Crippen molar-refractivity contribution in [2.45, 2.75) is 38.0 Å². The van der Waals surface area contributed by atoms with Crippen LogP contribution in [0.15, 0.2) is 54.6 Å². The lowest BCUT2D eigenvalue weighted by atomic mass is 9.89. The fourth-order valence-electron chi connectivity index (χ4n) is 3.43. The molecule has 0 aliphatic rings. The van der Waals surface area contributed by atoms with Crippen molar-refractivity contribution in [2.75, 3.05) is 14.2 Å². The summed E-state index contributed by atoms with van der Waals surface area (Å²) in [6.45, 7) is 4.17. The number of methoxy groups -OCH3 is 1. The molecule has 0 aliphatic carbocycles. The van der Waals surface area contributed by atoms with Gasteiger partial charge in [0.05, 0.1) is 13.0 Å². The minimum atomic E-state index is -0.665. The van der Waals surface area contributed by atoms with E-state index in [4.69, 9.17) is 17.4 Å². The molecule has 0 radical (unpaired) electrons. The van der Waals surface area contributed by atoms with E-state index in [1.165, 1.54) is 0 Å². The quantitative estimate of drug-likeness (QED) is 0.504. The van der Waals surface area contributed by atoms with Crippen LogP contribution in [0.25, 0.3) is 0 Å². The lowest BCUT2D eigenvalue weighted by Crippen LogP contribution is -2.49. The van der Waals surface area contributed by atoms with Crippen LogP contribution in [0.5, 0.6) is 5.75 Å². The third-order valence-electron chi connectivity index (χ3n) is 5.06. The standard InChI is InChI=1S/C24H32N2O3S/c1-16(2)14-20(22(30)18-8-6-5-7-9-18)23(27)26-21(24(28)25-3)15-17-10-12-19(29-4)13-11-17/h5-13,16,20-22,30H,14-15H2,1-4H3,(H,25,28)(H,26,27)/t20-,21+,22+/m1/s1. The molecule has 2 aromatic carbocycles. The summed E-state index contributed by atoms with van der Waals surface area (Å²) < 4.78 is 5.19. The predicted molar refractivity (Wildman–Crippen MR) is 124 cm³/mol. The molecule has 0 saturated carbocycles. The molecule has 0 heterocycles.